The highest BCUT2D eigenvalue weighted by Crippen LogP contribution is 2.15. The van der Waals surface area contributed by atoms with Crippen LogP contribution in [0.1, 0.15) is 33.1 Å². The smallest absolute Gasteiger partial charge is 0.229 e. The summed E-state index contributed by atoms with van der Waals surface area (Å²) in [5.41, 5.74) is -0.997. The number of carbonyl (C=O) groups excluding carboxylic acids is 2. The standard InChI is InChI=1S/C9H15NO3/c1-9(2,13)6-10-7(11)4-3-5-8(10)12/h13H,3-6H2,1-2H3. The lowest BCUT2D eigenvalue weighted by Gasteiger charge is -2.30. The summed E-state index contributed by atoms with van der Waals surface area (Å²) in [5.74, 6) is -0.336. The van der Waals surface area contributed by atoms with Gasteiger partial charge < -0.3 is 5.11 Å². The molecule has 13 heavy (non-hydrogen) atoms. The number of hydrogen-bond acceptors (Lipinski definition) is 3. The van der Waals surface area contributed by atoms with Crippen LogP contribution in [0.4, 0.5) is 0 Å². The van der Waals surface area contributed by atoms with Gasteiger partial charge in [-0.15, -0.1) is 0 Å². The lowest BCUT2D eigenvalue weighted by molar-refractivity contribution is -0.151. The third-order valence-corrected chi connectivity index (χ3v) is 1.93. The molecule has 74 valence electrons. The highest BCUT2D eigenvalue weighted by atomic mass is 16.3. The van der Waals surface area contributed by atoms with E-state index in [1.807, 2.05) is 0 Å². The second-order valence-electron chi connectivity index (χ2n) is 4.04. The molecule has 0 saturated carbocycles. The van der Waals surface area contributed by atoms with Crippen LogP contribution in [0, 0.1) is 0 Å². The maximum atomic E-state index is 11.3. The van der Waals surface area contributed by atoms with Gasteiger partial charge in [0.25, 0.3) is 0 Å². The average Bonchev–Trinajstić information content (AvgIpc) is 1.95. The third-order valence-electron chi connectivity index (χ3n) is 1.93. The maximum Gasteiger partial charge on any atom is 0.229 e. The van der Waals surface area contributed by atoms with Crippen molar-refractivity contribution in [1.82, 2.24) is 4.90 Å². The van der Waals surface area contributed by atoms with Crippen LogP contribution in [-0.4, -0.2) is 34.0 Å². The van der Waals surface area contributed by atoms with Crippen LogP contribution in [0.3, 0.4) is 0 Å². The fraction of sp³-hybridized carbons (Fsp3) is 0.778. The Balaban J connectivity index is 2.65. The fourth-order valence-corrected chi connectivity index (χ4v) is 1.36. The van der Waals surface area contributed by atoms with Crippen molar-refractivity contribution in [1.29, 1.82) is 0 Å². The molecule has 4 nitrogen and oxygen atoms in total. The predicted molar refractivity (Wildman–Crippen MR) is 46.9 cm³/mol. The van der Waals surface area contributed by atoms with Crippen LogP contribution in [0.2, 0.25) is 0 Å². The highest BCUT2D eigenvalue weighted by Gasteiger charge is 2.30. The molecule has 2 amide bonds. The Kier molecular flexibility index (Phi) is 2.71. The first kappa shape index (κ1) is 10.2. The molecule has 1 aliphatic heterocycles. The molecule has 0 spiro atoms. The zero-order chi connectivity index (χ0) is 10.1. The van der Waals surface area contributed by atoms with E-state index >= 15 is 0 Å². The van der Waals surface area contributed by atoms with Gasteiger partial charge in [0.1, 0.15) is 0 Å². The molecule has 0 unspecified atom stereocenters. The molecule has 0 aromatic heterocycles. The van der Waals surface area contributed by atoms with Crippen LogP contribution in [0.5, 0.6) is 0 Å². The van der Waals surface area contributed by atoms with Gasteiger partial charge in [0.15, 0.2) is 0 Å². The van der Waals surface area contributed by atoms with E-state index in [-0.39, 0.29) is 18.4 Å². The summed E-state index contributed by atoms with van der Waals surface area (Å²) >= 11 is 0. The van der Waals surface area contributed by atoms with Crippen molar-refractivity contribution in [3.63, 3.8) is 0 Å². The van der Waals surface area contributed by atoms with Gasteiger partial charge in [-0.3, -0.25) is 14.5 Å². The van der Waals surface area contributed by atoms with Crippen molar-refractivity contribution in [2.24, 2.45) is 0 Å². The van der Waals surface area contributed by atoms with Crippen LogP contribution < -0.4 is 0 Å². The van der Waals surface area contributed by atoms with E-state index in [1.54, 1.807) is 13.8 Å². The summed E-state index contributed by atoms with van der Waals surface area (Å²) in [5, 5.41) is 9.46. The van der Waals surface area contributed by atoms with E-state index in [4.69, 9.17) is 0 Å². The Bertz CT molecular complexity index is 214. The lowest BCUT2D eigenvalue weighted by atomic mass is 10.1. The highest BCUT2D eigenvalue weighted by molar-refractivity contribution is 5.97. The second kappa shape index (κ2) is 3.46. The molecule has 4 heteroatoms. The molecular formula is C9H15NO3. The van der Waals surface area contributed by atoms with E-state index < -0.39 is 5.60 Å². The lowest BCUT2D eigenvalue weighted by Crippen LogP contribution is -2.47. The minimum atomic E-state index is -0.997. The van der Waals surface area contributed by atoms with Gasteiger partial charge in [-0.25, -0.2) is 0 Å². The molecule has 1 heterocycles. The monoisotopic (exact) mass is 185 g/mol. The SMILES string of the molecule is CC(C)(O)CN1C(=O)CCCC1=O. The van der Waals surface area contributed by atoms with Crippen molar-refractivity contribution in [3.8, 4) is 0 Å². The van der Waals surface area contributed by atoms with Crippen molar-refractivity contribution < 1.29 is 14.7 Å². The van der Waals surface area contributed by atoms with E-state index in [2.05, 4.69) is 0 Å². The summed E-state index contributed by atoms with van der Waals surface area (Å²) < 4.78 is 0. The molecule has 0 aromatic rings. The van der Waals surface area contributed by atoms with Gasteiger partial charge in [0, 0.05) is 12.8 Å². The number of hydrogen-bond donors (Lipinski definition) is 1. The Morgan fingerprint density at radius 2 is 1.77 bits per heavy atom. The first-order valence-corrected chi connectivity index (χ1v) is 4.46. The van der Waals surface area contributed by atoms with E-state index in [0.717, 1.165) is 4.90 Å². The van der Waals surface area contributed by atoms with Crippen molar-refractivity contribution >= 4 is 11.8 Å². The van der Waals surface area contributed by atoms with Gasteiger partial charge in [-0.1, -0.05) is 0 Å². The van der Waals surface area contributed by atoms with Crippen LogP contribution >= 0.6 is 0 Å². The number of β-amino-alcohol motifs (C(OH)–C–C–N with tert-alkyl or cyclic N) is 1. The van der Waals surface area contributed by atoms with Crippen molar-refractivity contribution in [2.75, 3.05) is 6.54 Å². The number of amides is 2. The molecule has 0 atom stereocenters. The minimum Gasteiger partial charge on any atom is -0.389 e. The Morgan fingerprint density at radius 1 is 1.31 bits per heavy atom. The molecule has 1 aliphatic rings. The van der Waals surface area contributed by atoms with Gasteiger partial charge in [0.05, 0.1) is 12.1 Å². The number of imide groups is 1. The van der Waals surface area contributed by atoms with Crippen molar-refractivity contribution in [2.45, 2.75) is 38.7 Å². The molecule has 0 aromatic carbocycles. The summed E-state index contributed by atoms with van der Waals surface area (Å²) in [4.78, 5) is 23.7. The first-order chi connectivity index (χ1) is 5.90. The van der Waals surface area contributed by atoms with Crippen molar-refractivity contribution in [3.05, 3.63) is 0 Å². The predicted octanol–water partition coefficient (Wildman–Crippen LogP) is 0.296. The second-order valence-corrected chi connectivity index (χ2v) is 4.04. The Labute approximate surface area is 77.5 Å². The zero-order valence-corrected chi connectivity index (χ0v) is 8.04. The summed E-state index contributed by atoms with van der Waals surface area (Å²) in [7, 11) is 0. The number of rotatable bonds is 2. The molecule has 0 radical (unpaired) electrons. The minimum absolute atomic E-state index is 0.102. The van der Waals surface area contributed by atoms with Crippen LogP contribution in [0.15, 0.2) is 0 Å². The maximum absolute atomic E-state index is 11.3. The number of nitrogens with zero attached hydrogens (tertiary/aromatic N) is 1. The third kappa shape index (κ3) is 2.81. The Morgan fingerprint density at radius 3 is 2.15 bits per heavy atom. The van der Waals surface area contributed by atoms with Gasteiger partial charge in [0.2, 0.25) is 11.8 Å². The molecular weight excluding hydrogens is 170 g/mol. The van der Waals surface area contributed by atoms with Crippen LogP contribution in [-0.2, 0) is 9.59 Å². The number of carbonyl (C=O) groups is 2. The summed E-state index contributed by atoms with van der Waals surface area (Å²) in [6.07, 6.45) is 1.48. The molecule has 1 fully saturated rings. The number of piperidine rings is 1. The number of aliphatic hydroxyl groups is 1. The molecule has 1 N–H and O–H groups in total. The van der Waals surface area contributed by atoms with Gasteiger partial charge >= 0.3 is 0 Å². The zero-order valence-electron chi connectivity index (χ0n) is 8.04. The molecule has 0 aliphatic carbocycles. The van der Waals surface area contributed by atoms with Gasteiger partial charge in [-0.2, -0.15) is 0 Å². The fourth-order valence-electron chi connectivity index (χ4n) is 1.36. The average molecular weight is 185 g/mol. The van der Waals surface area contributed by atoms with Crippen LogP contribution in [0.25, 0.3) is 0 Å². The quantitative estimate of drug-likeness (QED) is 0.629. The first-order valence-electron chi connectivity index (χ1n) is 4.46. The molecule has 1 rings (SSSR count). The summed E-state index contributed by atoms with van der Waals surface area (Å²) in [6.45, 7) is 3.27. The Hall–Kier alpha value is -0.900. The topological polar surface area (TPSA) is 57.6 Å². The molecule has 0 bridgehead atoms. The van der Waals surface area contributed by atoms with E-state index in [1.165, 1.54) is 0 Å². The largest absolute Gasteiger partial charge is 0.389 e. The van der Waals surface area contributed by atoms with E-state index in [0.29, 0.717) is 19.3 Å². The normalized spacial score (nSPS) is 19.5. The summed E-state index contributed by atoms with van der Waals surface area (Å²) in [6, 6.07) is 0. The molecule has 1 saturated heterocycles. The van der Waals surface area contributed by atoms with Gasteiger partial charge in [-0.05, 0) is 20.3 Å². The van der Waals surface area contributed by atoms with E-state index in [9.17, 15) is 14.7 Å². The number of likely N-dealkylation sites (tertiary alicyclic amines) is 1.